The minimum absolute atomic E-state index is 0.0611. The lowest BCUT2D eigenvalue weighted by Crippen LogP contribution is -2.64. The molecule has 1 aliphatic heterocycles. The molecule has 17 heteroatoms. The van der Waals surface area contributed by atoms with Gasteiger partial charge in [0, 0.05) is 30.1 Å². The highest BCUT2D eigenvalue weighted by Gasteiger charge is 2.53. The molecule has 9 N–H and O–H groups in total. The molecular formula is C16H32BF3N4O8S. The van der Waals surface area contributed by atoms with Gasteiger partial charge in [-0.15, -0.1) is 0 Å². The van der Waals surface area contributed by atoms with E-state index in [0.29, 0.717) is 6.42 Å². The zero-order valence-corrected chi connectivity index (χ0v) is 19.6. The number of nitrogens with zero attached hydrogens (tertiary/aromatic N) is 1. The van der Waals surface area contributed by atoms with Gasteiger partial charge in [-0.05, 0) is 40.4 Å². The van der Waals surface area contributed by atoms with E-state index in [-0.39, 0.29) is 25.8 Å². The van der Waals surface area contributed by atoms with Crippen LogP contribution in [0.15, 0.2) is 0 Å². The van der Waals surface area contributed by atoms with Crippen LogP contribution in [-0.2, 0) is 19.8 Å². The van der Waals surface area contributed by atoms with E-state index in [0.717, 1.165) is 4.31 Å². The van der Waals surface area contributed by atoms with Crippen LogP contribution in [0, 0.1) is 5.92 Å². The third-order valence-corrected chi connectivity index (χ3v) is 7.31. The van der Waals surface area contributed by atoms with Gasteiger partial charge in [0.15, 0.2) is 0 Å². The lowest BCUT2D eigenvalue weighted by atomic mass is 9.78. The standard InChI is InChI=1S/C14H31BN4O6S.C2HF3O2/c1-12(2,16)13(3,4)18-26(24,25)19-8-10(6-5-7-15(22)23)14(17,9-19)11(20)21;3-2(4,5)1(6)7/h10,18,22-23H,5-9,16-17H2,1-4H3,(H,20,21);(H,6,7)/t10-,14-;/m1./s1. The maximum atomic E-state index is 12.8. The monoisotopic (exact) mass is 508 g/mol. The Hall–Kier alpha value is -1.50. The van der Waals surface area contributed by atoms with Gasteiger partial charge in [-0.25, -0.2) is 4.79 Å². The average molecular weight is 508 g/mol. The lowest BCUT2D eigenvalue weighted by molar-refractivity contribution is -0.192. The van der Waals surface area contributed by atoms with Gasteiger partial charge in [0.1, 0.15) is 5.54 Å². The summed E-state index contributed by atoms with van der Waals surface area (Å²) < 4.78 is 60.8. The fourth-order valence-electron chi connectivity index (χ4n) is 2.73. The van der Waals surface area contributed by atoms with Gasteiger partial charge >= 0.3 is 25.2 Å². The highest BCUT2D eigenvalue weighted by atomic mass is 32.2. The first-order valence-electron chi connectivity index (χ1n) is 9.74. The third-order valence-electron chi connectivity index (χ3n) is 5.58. The topological polar surface area (TPSA) is 217 Å². The maximum absolute atomic E-state index is 12.8. The second-order valence-corrected chi connectivity index (χ2v) is 10.7. The molecule has 0 saturated carbocycles. The SMILES string of the molecule is CC(C)(N)C(C)(C)NS(=O)(=O)N1C[C@@H](CCCB(O)O)[C@@](N)(C(=O)O)C1.O=C(O)C(F)(F)F. The first-order chi connectivity index (χ1) is 14.5. The molecule has 0 amide bonds. The first-order valence-corrected chi connectivity index (χ1v) is 11.2. The fourth-order valence-corrected chi connectivity index (χ4v) is 4.53. The number of alkyl halides is 3. The Balaban J connectivity index is 0.00000126. The minimum Gasteiger partial charge on any atom is -0.480 e. The van der Waals surface area contributed by atoms with Gasteiger partial charge in [0.2, 0.25) is 0 Å². The Morgan fingerprint density at radius 3 is 1.97 bits per heavy atom. The summed E-state index contributed by atoms with van der Waals surface area (Å²) in [4.78, 5) is 20.6. The van der Waals surface area contributed by atoms with Crippen molar-refractivity contribution in [3.8, 4) is 0 Å². The van der Waals surface area contributed by atoms with Crippen LogP contribution in [0.4, 0.5) is 13.2 Å². The van der Waals surface area contributed by atoms with Crippen molar-refractivity contribution in [1.82, 2.24) is 9.03 Å². The molecule has 0 aromatic heterocycles. The molecule has 0 spiro atoms. The van der Waals surface area contributed by atoms with Crippen molar-refractivity contribution in [2.24, 2.45) is 17.4 Å². The molecule has 0 aromatic carbocycles. The normalized spacial score (nSPS) is 22.5. The summed E-state index contributed by atoms with van der Waals surface area (Å²) in [6.07, 6.45) is -4.44. The highest BCUT2D eigenvalue weighted by Crippen LogP contribution is 2.32. The van der Waals surface area contributed by atoms with E-state index in [1.54, 1.807) is 27.7 Å². The van der Waals surface area contributed by atoms with Gasteiger partial charge in [-0.1, -0.05) is 6.42 Å². The minimum atomic E-state index is -5.08. The van der Waals surface area contributed by atoms with Crippen molar-refractivity contribution >= 4 is 29.3 Å². The van der Waals surface area contributed by atoms with Gasteiger partial charge in [0.05, 0.1) is 0 Å². The number of halogens is 3. The summed E-state index contributed by atoms with van der Waals surface area (Å²) in [6.45, 7) is 6.23. The van der Waals surface area contributed by atoms with Gasteiger partial charge in [0.25, 0.3) is 10.2 Å². The first kappa shape index (κ1) is 31.5. The van der Waals surface area contributed by atoms with Crippen LogP contribution in [0.3, 0.4) is 0 Å². The van der Waals surface area contributed by atoms with Crippen LogP contribution in [0.1, 0.15) is 40.5 Å². The highest BCUT2D eigenvalue weighted by molar-refractivity contribution is 7.87. The molecule has 1 saturated heterocycles. The largest absolute Gasteiger partial charge is 0.490 e. The summed E-state index contributed by atoms with van der Waals surface area (Å²) in [5.74, 6) is -4.69. The quantitative estimate of drug-likeness (QED) is 0.187. The molecule has 194 valence electrons. The van der Waals surface area contributed by atoms with E-state index in [4.69, 9.17) is 31.4 Å². The molecule has 2 atom stereocenters. The summed E-state index contributed by atoms with van der Waals surface area (Å²) in [5.41, 5.74) is 8.47. The maximum Gasteiger partial charge on any atom is 0.490 e. The molecule has 0 aromatic rings. The van der Waals surface area contributed by atoms with E-state index in [1.165, 1.54) is 0 Å². The van der Waals surface area contributed by atoms with Crippen LogP contribution >= 0.6 is 0 Å². The number of nitrogens with two attached hydrogens (primary N) is 2. The molecule has 12 nitrogen and oxygen atoms in total. The number of carboxylic acids is 2. The van der Waals surface area contributed by atoms with Crippen molar-refractivity contribution < 1.29 is 51.4 Å². The van der Waals surface area contributed by atoms with Crippen LogP contribution in [-0.4, -0.2) is 87.9 Å². The summed E-state index contributed by atoms with van der Waals surface area (Å²) >= 11 is 0. The van der Waals surface area contributed by atoms with E-state index < -0.39 is 58.0 Å². The molecule has 33 heavy (non-hydrogen) atoms. The lowest BCUT2D eigenvalue weighted by Gasteiger charge is -2.39. The van der Waals surface area contributed by atoms with Crippen LogP contribution in [0.2, 0.25) is 6.32 Å². The van der Waals surface area contributed by atoms with Crippen molar-refractivity contribution in [3.05, 3.63) is 0 Å². The van der Waals surface area contributed by atoms with E-state index >= 15 is 0 Å². The number of carboxylic acid groups (broad SMARTS) is 2. The number of carbonyl (C=O) groups is 2. The van der Waals surface area contributed by atoms with Gasteiger partial charge in [-0.3, -0.25) is 4.79 Å². The second-order valence-electron chi connectivity index (χ2n) is 9.00. The Labute approximate surface area is 190 Å². The Kier molecular flexibility index (Phi) is 10.3. The number of hydrogen-bond acceptors (Lipinski definition) is 8. The van der Waals surface area contributed by atoms with E-state index in [9.17, 15) is 31.5 Å². The van der Waals surface area contributed by atoms with Crippen LogP contribution in [0.25, 0.3) is 0 Å². The van der Waals surface area contributed by atoms with Crippen molar-refractivity contribution in [2.45, 2.75) is 69.6 Å². The summed E-state index contributed by atoms with van der Waals surface area (Å²) in [7, 11) is -5.52. The van der Waals surface area contributed by atoms with Crippen molar-refractivity contribution in [3.63, 3.8) is 0 Å². The number of nitrogens with one attached hydrogen (secondary N) is 1. The Morgan fingerprint density at radius 1 is 1.18 bits per heavy atom. The summed E-state index contributed by atoms with van der Waals surface area (Å²) in [5, 5.41) is 34.5. The Bertz CT molecular complexity index is 805. The fraction of sp³-hybridized carbons (Fsp3) is 0.875. The molecule has 1 heterocycles. The second kappa shape index (κ2) is 10.8. The Morgan fingerprint density at radius 2 is 1.64 bits per heavy atom. The molecular weight excluding hydrogens is 476 g/mol. The van der Waals surface area contributed by atoms with Crippen LogP contribution in [0.5, 0.6) is 0 Å². The van der Waals surface area contributed by atoms with E-state index in [1.807, 2.05) is 0 Å². The van der Waals surface area contributed by atoms with Crippen molar-refractivity contribution in [2.75, 3.05) is 13.1 Å². The number of aliphatic carboxylic acids is 2. The number of hydrogen-bond donors (Lipinski definition) is 7. The zero-order valence-electron chi connectivity index (χ0n) is 18.8. The van der Waals surface area contributed by atoms with Crippen LogP contribution < -0.4 is 16.2 Å². The molecule has 0 unspecified atom stereocenters. The molecule has 1 fully saturated rings. The molecule has 1 rings (SSSR count). The zero-order chi connectivity index (χ0) is 26.6. The molecule has 1 aliphatic rings. The predicted octanol–water partition coefficient (Wildman–Crippen LogP) is -1.06. The molecule has 0 radical (unpaired) electrons. The summed E-state index contributed by atoms with van der Waals surface area (Å²) in [6, 6.07) is 0. The van der Waals surface area contributed by atoms with E-state index in [2.05, 4.69) is 4.72 Å². The van der Waals surface area contributed by atoms with Crippen molar-refractivity contribution in [1.29, 1.82) is 0 Å². The van der Waals surface area contributed by atoms with Gasteiger partial charge in [-0.2, -0.15) is 30.6 Å². The smallest absolute Gasteiger partial charge is 0.480 e. The molecule has 0 aliphatic carbocycles. The van der Waals surface area contributed by atoms with Gasteiger partial charge < -0.3 is 31.7 Å². The predicted molar refractivity (Wildman–Crippen MR) is 112 cm³/mol. The third kappa shape index (κ3) is 8.99. The number of rotatable bonds is 9. The average Bonchev–Trinajstić information content (AvgIpc) is 2.91. The molecule has 0 bridgehead atoms.